The maximum absolute atomic E-state index is 12.4. The van der Waals surface area contributed by atoms with E-state index in [1.165, 1.54) is 0 Å². The molecule has 1 aromatic carbocycles. The zero-order valence-electron chi connectivity index (χ0n) is 10.2. The van der Waals surface area contributed by atoms with Gasteiger partial charge in [0.15, 0.2) is 9.84 Å². The highest BCUT2D eigenvalue weighted by molar-refractivity contribution is 7.92. The molecule has 0 aliphatic heterocycles. The Bertz CT molecular complexity index is 551. The first-order valence-electron chi connectivity index (χ1n) is 6.16. The van der Waals surface area contributed by atoms with Crippen molar-refractivity contribution in [2.45, 2.75) is 35.8 Å². The zero-order chi connectivity index (χ0) is 13.0. The molecule has 1 aliphatic rings. The maximum Gasteiger partial charge on any atom is 0.181 e. The Labute approximate surface area is 109 Å². The van der Waals surface area contributed by atoms with Crippen molar-refractivity contribution in [3.8, 4) is 12.3 Å². The number of terminal acetylenes is 1. The van der Waals surface area contributed by atoms with E-state index in [-0.39, 0.29) is 5.25 Å². The molecule has 0 bridgehead atoms. The summed E-state index contributed by atoms with van der Waals surface area (Å²) in [4.78, 5) is 0.399. The summed E-state index contributed by atoms with van der Waals surface area (Å²) in [6.45, 7) is 0.396. The third-order valence-electron chi connectivity index (χ3n) is 3.30. The second-order valence-electron chi connectivity index (χ2n) is 4.54. The van der Waals surface area contributed by atoms with Gasteiger partial charge < -0.3 is 5.32 Å². The van der Waals surface area contributed by atoms with Crippen LogP contribution in [0.15, 0.2) is 29.2 Å². The van der Waals surface area contributed by atoms with Gasteiger partial charge in [0.05, 0.1) is 16.7 Å². The summed E-state index contributed by atoms with van der Waals surface area (Å²) in [5.41, 5.74) is 0.757. The Hall–Kier alpha value is -1.47. The van der Waals surface area contributed by atoms with Crippen molar-refractivity contribution in [2.75, 3.05) is 11.9 Å². The molecule has 1 N–H and O–H groups in total. The van der Waals surface area contributed by atoms with E-state index in [0.29, 0.717) is 11.4 Å². The number of sulfone groups is 1. The van der Waals surface area contributed by atoms with Gasteiger partial charge in [0, 0.05) is 5.69 Å². The minimum atomic E-state index is -3.18. The minimum absolute atomic E-state index is 0.208. The highest BCUT2D eigenvalue weighted by Crippen LogP contribution is 2.30. The molecule has 0 heterocycles. The van der Waals surface area contributed by atoms with Crippen LogP contribution in [0.5, 0.6) is 0 Å². The number of rotatable bonds is 4. The van der Waals surface area contributed by atoms with Gasteiger partial charge in [0.1, 0.15) is 0 Å². The number of nitrogens with one attached hydrogen (secondary N) is 1. The molecule has 0 amide bonds. The van der Waals surface area contributed by atoms with Crippen LogP contribution in [-0.4, -0.2) is 20.2 Å². The van der Waals surface area contributed by atoms with Gasteiger partial charge in [-0.3, -0.25) is 0 Å². The van der Waals surface area contributed by atoms with E-state index in [0.717, 1.165) is 31.4 Å². The van der Waals surface area contributed by atoms with Crippen LogP contribution in [0.2, 0.25) is 0 Å². The molecule has 2 rings (SSSR count). The second kappa shape index (κ2) is 5.45. The van der Waals surface area contributed by atoms with E-state index < -0.39 is 9.84 Å². The quantitative estimate of drug-likeness (QED) is 0.849. The van der Waals surface area contributed by atoms with Crippen molar-refractivity contribution >= 4 is 15.5 Å². The summed E-state index contributed by atoms with van der Waals surface area (Å²) in [5.74, 6) is 2.47. The minimum Gasteiger partial charge on any atom is -0.374 e. The average molecular weight is 263 g/mol. The Kier molecular flexibility index (Phi) is 3.93. The van der Waals surface area contributed by atoms with Crippen LogP contribution in [0.25, 0.3) is 0 Å². The van der Waals surface area contributed by atoms with Crippen molar-refractivity contribution in [1.82, 2.24) is 0 Å². The van der Waals surface area contributed by atoms with Gasteiger partial charge in [-0.15, -0.1) is 6.42 Å². The summed E-state index contributed by atoms with van der Waals surface area (Å²) in [7, 11) is -3.18. The van der Waals surface area contributed by atoms with Crippen LogP contribution in [0.3, 0.4) is 0 Å². The maximum atomic E-state index is 12.4. The van der Waals surface area contributed by atoms with E-state index in [4.69, 9.17) is 6.42 Å². The lowest BCUT2D eigenvalue weighted by Gasteiger charge is -2.12. The molecule has 0 aromatic heterocycles. The molecular formula is C14H17NO2S. The molecule has 1 aliphatic carbocycles. The van der Waals surface area contributed by atoms with Gasteiger partial charge in [-0.25, -0.2) is 8.42 Å². The number of benzene rings is 1. The van der Waals surface area contributed by atoms with Crippen molar-refractivity contribution < 1.29 is 8.42 Å². The van der Waals surface area contributed by atoms with Crippen molar-refractivity contribution in [3.63, 3.8) is 0 Å². The Morgan fingerprint density at radius 2 is 2.06 bits per heavy atom. The van der Waals surface area contributed by atoms with E-state index in [1.54, 1.807) is 18.2 Å². The lowest BCUT2D eigenvalue weighted by Crippen LogP contribution is -2.17. The molecule has 4 heteroatoms. The molecule has 0 unspecified atom stereocenters. The fourth-order valence-electron chi connectivity index (χ4n) is 2.33. The molecule has 96 valence electrons. The average Bonchev–Trinajstić information content (AvgIpc) is 2.91. The predicted molar refractivity (Wildman–Crippen MR) is 73.2 cm³/mol. The highest BCUT2D eigenvalue weighted by atomic mass is 32.2. The summed E-state index contributed by atoms with van der Waals surface area (Å²) in [6.07, 6.45) is 8.76. The fourth-order valence-corrected chi connectivity index (χ4v) is 4.23. The van der Waals surface area contributed by atoms with Crippen molar-refractivity contribution in [3.05, 3.63) is 24.3 Å². The molecule has 3 nitrogen and oxygen atoms in total. The monoisotopic (exact) mass is 263 g/mol. The largest absolute Gasteiger partial charge is 0.374 e. The SMILES string of the molecule is C#CCNc1cccc(S(=O)(=O)C2CCCC2)c1. The Morgan fingerprint density at radius 3 is 2.72 bits per heavy atom. The zero-order valence-corrected chi connectivity index (χ0v) is 11.0. The van der Waals surface area contributed by atoms with Gasteiger partial charge in [-0.1, -0.05) is 24.8 Å². The lowest BCUT2D eigenvalue weighted by molar-refractivity contribution is 0.579. The molecular weight excluding hydrogens is 246 g/mol. The standard InChI is InChI=1S/C14H17NO2S/c1-2-10-15-12-6-5-9-14(11-12)18(16,17)13-7-3-4-8-13/h1,5-6,9,11,13,15H,3-4,7-8,10H2. The van der Waals surface area contributed by atoms with Gasteiger partial charge in [0.2, 0.25) is 0 Å². The van der Waals surface area contributed by atoms with Crippen molar-refractivity contribution in [2.24, 2.45) is 0 Å². The first kappa shape index (κ1) is 13.0. The fraction of sp³-hybridized carbons (Fsp3) is 0.429. The van der Waals surface area contributed by atoms with E-state index in [2.05, 4.69) is 11.2 Å². The number of anilines is 1. The van der Waals surface area contributed by atoms with E-state index >= 15 is 0 Å². The van der Waals surface area contributed by atoms with Crippen LogP contribution in [0.4, 0.5) is 5.69 Å². The molecule has 0 atom stereocenters. The van der Waals surface area contributed by atoms with Gasteiger partial charge >= 0.3 is 0 Å². The first-order chi connectivity index (χ1) is 8.64. The van der Waals surface area contributed by atoms with E-state index in [1.807, 2.05) is 6.07 Å². The van der Waals surface area contributed by atoms with Gasteiger partial charge in [-0.05, 0) is 31.0 Å². The van der Waals surface area contributed by atoms with Gasteiger partial charge in [0.25, 0.3) is 0 Å². The van der Waals surface area contributed by atoms with Gasteiger partial charge in [-0.2, -0.15) is 0 Å². The molecule has 0 spiro atoms. The van der Waals surface area contributed by atoms with Crippen LogP contribution in [0, 0.1) is 12.3 Å². The third-order valence-corrected chi connectivity index (χ3v) is 5.56. The lowest BCUT2D eigenvalue weighted by atomic mass is 10.3. The summed E-state index contributed by atoms with van der Waals surface area (Å²) in [5, 5.41) is 2.79. The molecule has 0 saturated heterocycles. The summed E-state index contributed by atoms with van der Waals surface area (Å²) >= 11 is 0. The molecule has 1 aromatic rings. The topological polar surface area (TPSA) is 46.2 Å². The van der Waals surface area contributed by atoms with Crippen LogP contribution in [0.1, 0.15) is 25.7 Å². The molecule has 1 fully saturated rings. The molecule has 1 saturated carbocycles. The van der Waals surface area contributed by atoms with Crippen LogP contribution in [-0.2, 0) is 9.84 Å². The van der Waals surface area contributed by atoms with Crippen LogP contribution >= 0.6 is 0 Å². The Morgan fingerprint density at radius 1 is 1.33 bits per heavy atom. The number of hydrogen-bond donors (Lipinski definition) is 1. The predicted octanol–water partition coefficient (Wildman–Crippen LogP) is 2.45. The van der Waals surface area contributed by atoms with Crippen LogP contribution < -0.4 is 5.32 Å². The highest BCUT2D eigenvalue weighted by Gasteiger charge is 2.30. The second-order valence-corrected chi connectivity index (χ2v) is 6.77. The number of hydrogen-bond acceptors (Lipinski definition) is 3. The first-order valence-corrected chi connectivity index (χ1v) is 7.70. The normalized spacial score (nSPS) is 16.4. The Balaban J connectivity index is 2.24. The summed E-state index contributed by atoms with van der Waals surface area (Å²) < 4.78 is 24.8. The third kappa shape index (κ3) is 2.68. The smallest absolute Gasteiger partial charge is 0.181 e. The summed E-state index contributed by atoms with van der Waals surface area (Å²) in [6, 6.07) is 6.91. The molecule has 0 radical (unpaired) electrons. The molecule has 18 heavy (non-hydrogen) atoms. The van der Waals surface area contributed by atoms with Crippen molar-refractivity contribution in [1.29, 1.82) is 0 Å². The van der Waals surface area contributed by atoms with E-state index in [9.17, 15) is 8.42 Å².